The second-order valence-electron chi connectivity index (χ2n) is 4.20. The molecule has 7 heteroatoms. The number of nitrogens with one attached hydrogen (secondary N) is 2. The number of halogens is 2. The zero-order valence-electron chi connectivity index (χ0n) is 11.3. The van der Waals surface area contributed by atoms with Gasteiger partial charge in [-0.15, -0.1) is 0 Å². The van der Waals surface area contributed by atoms with Crippen LogP contribution >= 0.6 is 11.6 Å². The van der Waals surface area contributed by atoms with Gasteiger partial charge in [-0.3, -0.25) is 10.1 Å². The zero-order chi connectivity index (χ0) is 15.9. The van der Waals surface area contributed by atoms with Crippen LogP contribution in [0.4, 0.5) is 14.9 Å². The molecule has 0 bridgehead atoms. The SMILES string of the molecule is O=C(COc1ccccc1Cl)NC(=O)Nc1ccccc1F. The number of amides is 3. The van der Waals surface area contributed by atoms with Crippen LogP contribution in [-0.4, -0.2) is 18.5 Å². The fraction of sp³-hybridized carbons (Fsp3) is 0.0667. The van der Waals surface area contributed by atoms with Crippen LogP contribution in [0.15, 0.2) is 48.5 Å². The van der Waals surface area contributed by atoms with Gasteiger partial charge in [0, 0.05) is 0 Å². The Balaban J connectivity index is 1.83. The molecule has 0 spiro atoms. The highest BCUT2D eigenvalue weighted by molar-refractivity contribution is 6.32. The first-order valence-corrected chi connectivity index (χ1v) is 6.67. The number of carbonyl (C=O) groups excluding carboxylic acids is 2. The standard InChI is InChI=1S/C15H12ClFN2O3/c16-10-5-1-4-8-13(10)22-9-14(20)19-15(21)18-12-7-3-2-6-11(12)17/h1-8H,9H2,(H2,18,19,20,21). The van der Waals surface area contributed by atoms with E-state index in [1.807, 2.05) is 5.32 Å². The molecule has 0 unspecified atom stereocenters. The second-order valence-corrected chi connectivity index (χ2v) is 4.61. The number of carbonyl (C=O) groups is 2. The summed E-state index contributed by atoms with van der Waals surface area (Å²) in [6.45, 7) is -0.394. The predicted octanol–water partition coefficient (Wildman–Crippen LogP) is 3.21. The topological polar surface area (TPSA) is 67.4 Å². The zero-order valence-corrected chi connectivity index (χ0v) is 12.1. The number of hydrogen-bond donors (Lipinski definition) is 2. The highest BCUT2D eigenvalue weighted by atomic mass is 35.5. The average Bonchev–Trinajstić information content (AvgIpc) is 2.49. The maximum absolute atomic E-state index is 13.3. The van der Waals surface area contributed by atoms with E-state index in [4.69, 9.17) is 16.3 Å². The molecule has 0 aromatic heterocycles. The molecular formula is C15H12ClFN2O3. The first kappa shape index (κ1) is 15.8. The highest BCUT2D eigenvalue weighted by Crippen LogP contribution is 2.22. The van der Waals surface area contributed by atoms with Gasteiger partial charge in [-0.25, -0.2) is 9.18 Å². The maximum Gasteiger partial charge on any atom is 0.326 e. The van der Waals surface area contributed by atoms with E-state index in [0.29, 0.717) is 10.8 Å². The molecular weight excluding hydrogens is 311 g/mol. The summed E-state index contributed by atoms with van der Waals surface area (Å²) in [4.78, 5) is 23.1. The Morgan fingerprint density at radius 1 is 1.09 bits per heavy atom. The Morgan fingerprint density at radius 3 is 2.50 bits per heavy atom. The second kappa shape index (κ2) is 7.42. The van der Waals surface area contributed by atoms with Crippen LogP contribution in [-0.2, 0) is 4.79 Å². The number of hydrogen-bond acceptors (Lipinski definition) is 3. The Morgan fingerprint density at radius 2 is 1.77 bits per heavy atom. The summed E-state index contributed by atoms with van der Waals surface area (Å²) in [6.07, 6.45) is 0. The van der Waals surface area contributed by atoms with Crippen molar-refractivity contribution < 1.29 is 18.7 Å². The molecule has 0 fully saturated rings. The van der Waals surface area contributed by atoms with Crippen molar-refractivity contribution in [2.75, 3.05) is 11.9 Å². The van der Waals surface area contributed by atoms with E-state index >= 15 is 0 Å². The van der Waals surface area contributed by atoms with Crippen LogP contribution in [0.25, 0.3) is 0 Å². The van der Waals surface area contributed by atoms with Crippen LogP contribution in [0.2, 0.25) is 5.02 Å². The molecule has 0 heterocycles. The van der Waals surface area contributed by atoms with Crippen molar-refractivity contribution in [2.24, 2.45) is 0 Å². The molecule has 2 aromatic carbocycles. The summed E-state index contributed by atoms with van der Waals surface area (Å²) in [5.41, 5.74) is -0.0279. The van der Waals surface area contributed by atoms with E-state index in [0.717, 1.165) is 0 Å². The average molecular weight is 323 g/mol. The number of para-hydroxylation sites is 2. The highest BCUT2D eigenvalue weighted by Gasteiger charge is 2.11. The van der Waals surface area contributed by atoms with Gasteiger partial charge < -0.3 is 10.1 Å². The molecule has 5 nitrogen and oxygen atoms in total. The first-order valence-electron chi connectivity index (χ1n) is 6.29. The van der Waals surface area contributed by atoms with E-state index < -0.39 is 24.4 Å². The number of urea groups is 1. The van der Waals surface area contributed by atoms with E-state index in [2.05, 4.69) is 5.32 Å². The molecule has 22 heavy (non-hydrogen) atoms. The van der Waals surface area contributed by atoms with Crippen LogP contribution < -0.4 is 15.4 Å². The third-order valence-corrected chi connectivity index (χ3v) is 2.88. The van der Waals surface area contributed by atoms with Gasteiger partial charge in [0.15, 0.2) is 6.61 Å². The molecule has 2 aromatic rings. The molecule has 0 saturated heterocycles. The summed E-state index contributed by atoms with van der Waals surface area (Å²) in [5.74, 6) is -0.958. The summed E-state index contributed by atoms with van der Waals surface area (Å²) in [6, 6.07) is 11.4. The smallest absolute Gasteiger partial charge is 0.326 e. The van der Waals surface area contributed by atoms with Crippen LogP contribution in [0, 0.1) is 5.82 Å². The summed E-state index contributed by atoms with van der Waals surface area (Å²) in [5, 5.41) is 4.60. The van der Waals surface area contributed by atoms with Gasteiger partial charge in [0.1, 0.15) is 11.6 Å². The van der Waals surface area contributed by atoms with Gasteiger partial charge >= 0.3 is 6.03 Å². The lowest BCUT2D eigenvalue weighted by Gasteiger charge is -2.09. The van der Waals surface area contributed by atoms with Gasteiger partial charge in [0.25, 0.3) is 5.91 Å². The molecule has 3 amide bonds. The van der Waals surface area contributed by atoms with Crippen LogP contribution in [0.3, 0.4) is 0 Å². The Bertz CT molecular complexity index is 694. The number of imide groups is 1. The third-order valence-electron chi connectivity index (χ3n) is 2.57. The molecule has 0 radical (unpaired) electrons. The lowest BCUT2D eigenvalue weighted by atomic mass is 10.3. The van der Waals surface area contributed by atoms with E-state index in [1.54, 1.807) is 30.3 Å². The summed E-state index contributed by atoms with van der Waals surface area (Å²) in [7, 11) is 0. The van der Waals surface area contributed by atoms with Crippen molar-refractivity contribution in [3.05, 3.63) is 59.4 Å². The van der Waals surface area contributed by atoms with Gasteiger partial charge in [-0.1, -0.05) is 35.9 Å². The minimum Gasteiger partial charge on any atom is -0.482 e. The minimum atomic E-state index is -0.849. The molecule has 0 saturated carbocycles. The molecule has 2 N–H and O–H groups in total. The van der Waals surface area contributed by atoms with Crippen LogP contribution in [0.5, 0.6) is 5.75 Å². The normalized spacial score (nSPS) is 9.91. The third kappa shape index (κ3) is 4.46. The lowest BCUT2D eigenvalue weighted by Crippen LogP contribution is -2.37. The Hall–Kier alpha value is -2.60. The maximum atomic E-state index is 13.3. The number of rotatable bonds is 4. The molecule has 0 aliphatic rings. The largest absolute Gasteiger partial charge is 0.482 e. The fourth-order valence-corrected chi connectivity index (χ4v) is 1.77. The molecule has 2 rings (SSSR count). The fourth-order valence-electron chi connectivity index (χ4n) is 1.58. The number of anilines is 1. The van der Waals surface area contributed by atoms with E-state index in [-0.39, 0.29) is 5.69 Å². The molecule has 0 atom stereocenters. The minimum absolute atomic E-state index is 0.0279. The lowest BCUT2D eigenvalue weighted by molar-refractivity contribution is -0.121. The van der Waals surface area contributed by atoms with Gasteiger partial charge in [-0.2, -0.15) is 0 Å². The number of ether oxygens (including phenoxy) is 1. The summed E-state index contributed by atoms with van der Waals surface area (Å²) >= 11 is 5.86. The Labute approximate surface area is 131 Å². The van der Waals surface area contributed by atoms with Crippen LogP contribution in [0.1, 0.15) is 0 Å². The first-order chi connectivity index (χ1) is 10.6. The quantitative estimate of drug-likeness (QED) is 0.908. The van der Waals surface area contributed by atoms with Crippen molar-refractivity contribution in [2.45, 2.75) is 0 Å². The molecule has 114 valence electrons. The van der Waals surface area contributed by atoms with Crippen molar-refractivity contribution in [3.63, 3.8) is 0 Å². The number of benzene rings is 2. The van der Waals surface area contributed by atoms with Crippen molar-refractivity contribution in [1.29, 1.82) is 0 Å². The van der Waals surface area contributed by atoms with Gasteiger partial charge in [-0.05, 0) is 24.3 Å². The Kier molecular flexibility index (Phi) is 5.32. The van der Waals surface area contributed by atoms with Crippen molar-refractivity contribution >= 4 is 29.2 Å². The molecule has 0 aliphatic carbocycles. The monoisotopic (exact) mass is 322 g/mol. The predicted molar refractivity (Wildman–Crippen MR) is 80.5 cm³/mol. The van der Waals surface area contributed by atoms with E-state index in [9.17, 15) is 14.0 Å². The van der Waals surface area contributed by atoms with E-state index in [1.165, 1.54) is 18.2 Å². The molecule has 0 aliphatic heterocycles. The van der Waals surface area contributed by atoms with Gasteiger partial charge in [0.05, 0.1) is 10.7 Å². The van der Waals surface area contributed by atoms with Gasteiger partial charge in [0.2, 0.25) is 0 Å². The summed E-state index contributed by atoms with van der Waals surface area (Å²) < 4.78 is 18.5. The van der Waals surface area contributed by atoms with Crippen molar-refractivity contribution in [3.8, 4) is 5.75 Å². The van der Waals surface area contributed by atoms with Crippen molar-refractivity contribution in [1.82, 2.24) is 5.32 Å².